The fraction of sp³-hybridized carbons (Fsp3) is 0.375. The molecule has 20 heavy (non-hydrogen) atoms. The predicted molar refractivity (Wildman–Crippen MR) is 84.5 cm³/mol. The molecule has 2 aromatic rings. The lowest BCUT2D eigenvalue weighted by molar-refractivity contribution is 0.319. The van der Waals surface area contributed by atoms with Crippen LogP contribution in [-0.2, 0) is 13.0 Å². The number of nitrogens with zero attached hydrogens (tertiary/aromatic N) is 1. The van der Waals surface area contributed by atoms with Gasteiger partial charge in [0.1, 0.15) is 5.75 Å². The number of hydrogen-bond acceptors (Lipinski definition) is 3. The second-order valence-electron chi connectivity index (χ2n) is 5.47. The average Bonchev–Trinajstić information content (AvgIpc) is 3.00. The normalized spacial score (nSPS) is 19.6. The molecule has 1 N–H and O–H groups in total. The van der Waals surface area contributed by atoms with E-state index >= 15 is 0 Å². The number of thiophene rings is 1. The first-order chi connectivity index (χ1) is 9.69. The molecule has 0 radical (unpaired) electrons. The van der Waals surface area contributed by atoms with Crippen LogP contribution in [0.25, 0.3) is 0 Å². The lowest BCUT2D eigenvalue weighted by Crippen LogP contribution is -2.20. The molecule has 1 fully saturated rings. The van der Waals surface area contributed by atoms with E-state index in [1.165, 1.54) is 16.9 Å². The summed E-state index contributed by atoms with van der Waals surface area (Å²) in [5, 5.41) is 9.51. The summed E-state index contributed by atoms with van der Waals surface area (Å²) in [5.74, 6) is 1.05. The van der Waals surface area contributed by atoms with Gasteiger partial charge in [0.15, 0.2) is 0 Å². The molecule has 1 aliphatic heterocycles. The summed E-state index contributed by atoms with van der Waals surface area (Å²) in [5.41, 5.74) is 1.23. The van der Waals surface area contributed by atoms with E-state index in [0.717, 1.165) is 30.4 Å². The number of hydrogen-bond donors (Lipinski definition) is 1. The maximum absolute atomic E-state index is 9.51. The number of aromatic hydroxyl groups is 1. The number of phenolic OH excluding ortho intramolecular Hbond substituents is 1. The molecule has 0 aliphatic carbocycles. The van der Waals surface area contributed by atoms with Crippen molar-refractivity contribution in [3.63, 3.8) is 0 Å². The first-order valence-electron chi connectivity index (χ1n) is 6.93. The monoisotopic (exact) mass is 307 g/mol. The van der Waals surface area contributed by atoms with Gasteiger partial charge in [0.05, 0.1) is 4.34 Å². The average molecular weight is 308 g/mol. The van der Waals surface area contributed by atoms with E-state index in [1.54, 1.807) is 17.4 Å². The molecule has 2 nitrogen and oxygen atoms in total. The van der Waals surface area contributed by atoms with Crippen LogP contribution in [0, 0.1) is 5.92 Å². The van der Waals surface area contributed by atoms with Crippen LogP contribution < -0.4 is 0 Å². The van der Waals surface area contributed by atoms with Crippen LogP contribution in [0.4, 0.5) is 0 Å². The molecule has 4 heteroatoms. The van der Waals surface area contributed by atoms with Gasteiger partial charge in [-0.05, 0) is 55.1 Å². The maximum atomic E-state index is 9.51. The second-order valence-corrected chi connectivity index (χ2v) is 7.27. The highest BCUT2D eigenvalue weighted by Crippen LogP contribution is 2.27. The maximum Gasteiger partial charge on any atom is 0.115 e. The summed E-state index contributed by atoms with van der Waals surface area (Å²) in [4.78, 5) is 3.84. The fourth-order valence-electron chi connectivity index (χ4n) is 2.90. The van der Waals surface area contributed by atoms with Gasteiger partial charge in [0.2, 0.25) is 0 Å². The number of halogens is 1. The molecule has 0 spiro atoms. The van der Waals surface area contributed by atoms with E-state index in [1.807, 2.05) is 18.2 Å². The minimum atomic E-state index is 0.366. The molecule has 0 saturated carbocycles. The van der Waals surface area contributed by atoms with Crippen molar-refractivity contribution in [2.45, 2.75) is 19.4 Å². The van der Waals surface area contributed by atoms with E-state index in [9.17, 15) is 5.11 Å². The van der Waals surface area contributed by atoms with Gasteiger partial charge in [-0.25, -0.2) is 0 Å². The van der Waals surface area contributed by atoms with E-state index in [2.05, 4.69) is 17.0 Å². The van der Waals surface area contributed by atoms with E-state index < -0.39 is 0 Å². The molecule has 1 aliphatic rings. The first-order valence-corrected chi connectivity index (χ1v) is 8.13. The molecule has 2 heterocycles. The van der Waals surface area contributed by atoms with Gasteiger partial charge in [-0.1, -0.05) is 23.7 Å². The standard InChI is InChI=1S/C16H18ClNOS/c17-16-5-4-15(20-16)11-18-7-6-13(10-18)8-12-2-1-3-14(19)9-12/h1-5,9,13,19H,6-8,10-11H2. The molecule has 0 bridgehead atoms. The Kier molecular flexibility index (Phi) is 4.29. The topological polar surface area (TPSA) is 23.5 Å². The number of phenols is 1. The van der Waals surface area contributed by atoms with Crippen molar-refractivity contribution in [3.05, 3.63) is 51.2 Å². The molecule has 1 atom stereocenters. The first kappa shape index (κ1) is 13.9. The smallest absolute Gasteiger partial charge is 0.115 e. The summed E-state index contributed by atoms with van der Waals surface area (Å²) in [6, 6.07) is 11.7. The van der Waals surface area contributed by atoms with Gasteiger partial charge in [-0.2, -0.15) is 0 Å². The molecular formula is C16H18ClNOS. The van der Waals surface area contributed by atoms with Crippen LogP contribution >= 0.6 is 22.9 Å². The Morgan fingerprint density at radius 2 is 2.20 bits per heavy atom. The predicted octanol–water partition coefficient (Wildman–Crippen LogP) is 4.17. The Hall–Kier alpha value is -1.03. The zero-order valence-corrected chi connectivity index (χ0v) is 12.8. The Morgan fingerprint density at radius 1 is 1.30 bits per heavy atom. The third-order valence-corrected chi connectivity index (χ3v) is 5.03. The van der Waals surface area contributed by atoms with Crippen molar-refractivity contribution in [2.75, 3.05) is 13.1 Å². The van der Waals surface area contributed by atoms with Crippen LogP contribution in [0.15, 0.2) is 36.4 Å². The van der Waals surface area contributed by atoms with E-state index in [-0.39, 0.29) is 0 Å². The molecular weight excluding hydrogens is 290 g/mol. The third-order valence-electron chi connectivity index (χ3n) is 3.81. The van der Waals surface area contributed by atoms with Crippen molar-refractivity contribution in [1.29, 1.82) is 0 Å². The summed E-state index contributed by atoms with van der Waals surface area (Å²) in [6.45, 7) is 3.29. The zero-order valence-electron chi connectivity index (χ0n) is 11.3. The van der Waals surface area contributed by atoms with Crippen LogP contribution in [0.1, 0.15) is 16.9 Å². The molecule has 106 valence electrons. The third kappa shape index (κ3) is 3.54. The second kappa shape index (κ2) is 6.17. The highest BCUT2D eigenvalue weighted by molar-refractivity contribution is 7.16. The van der Waals surface area contributed by atoms with Crippen LogP contribution in [-0.4, -0.2) is 23.1 Å². The van der Waals surface area contributed by atoms with Crippen molar-refractivity contribution < 1.29 is 5.11 Å². The summed E-state index contributed by atoms with van der Waals surface area (Å²) < 4.78 is 0.871. The zero-order chi connectivity index (χ0) is 13.9. The highest BCUT2D eigenvalue weighted by Gasteiger charge is 2.23. The van der Waals surface area contributed by atoms with Crippen LogP contribution in [0.3, 0.4) is 0 Å². The SMILES string of the molecule is Oc1cccc(CC2CCN(Cc3ccc(Cl)s3)C2)c1. The van der Waals surface area contributed by atoms with Gasteiger partial charge < -0.3 is 5.11 Å². The van der Waals surface area contributed by atoms with Crippen molar-refractivity contribution in [1.82, 2.24) is 4.90 Å². The molecule has 0 amide bonds. The summed E-state index contributed by atoms with van der Waals surface area (Å²) in [7, 11) is 0. The van der Waals surface area contributed by atoms with Gasteiger partial charge in [0, 0.05) is 18.0 Å². The van der Waals surface area contributed by atoms with E-state index in [0.29, 0.717) is 11.7 Å². The summed E-state index contributed by atoms with van der Waals surface area (Å²) >= 11 is 7.65. The molecule has 1 saturated heterocycles. The molecule has 1 aromatic heterocycles. The Balaban J connectivity index is 1.54. The lowest BCUT2D eigenvalue weighted by Gasteiger charge is -2.15. The number of benzene rings is 1. The van der Waals surface area contributed by atoms with Crippen LogP contribution in [0.2, 0.25) is 4.34 Å². The highest BCUT2D eigenvalue weighted by atomic mass is 35.5. The van der Waals surface area contributed by atoms with Gasteiger partial charge >= 0.3 is 0 Å². The van der Waals surface area contributed by atoms with Crippen molar-refractivity contribution in [2.24, 2.45) is 5.92 Å². The molecule has 1 aromatic carbocycles. The van der Waals surface area contributed by atoms with Gasteiger partial charge in [0.25, 0.3) is 0 Å². The minimum absolute atomic E-state index is 0.366. The van der Waals surface area contributed by atoms with Crippen LogP contribution in [0.5, 0.6) is 5.75 Å². The Morgan fingerprint density at radius 3 is 2.95 bits per heavy atom. The molecule has 1 unspecified atom stereocenters. The number of likely N-dealkylation sites (tertiary alicyclic amines) is 1. The molecule has 3 rings (SSSR count). The number of rotatable bonds is 4. The Labute approximate surface area is 128 Å². The van der Waals surface area contributed by atoms with Gasteiger partial charge in [-0.3, -0.25) is 4.90 Å². The van der Waals surface area contributed by atoms with E-state index in [4.69, 9.17) is 11.6 Å². The minimum Gasteiger partial charge on any atom is -0.508 e. The quantitative estimate of drug-likeness (QED) is 0.916. The summed E-state index contributed by atoms with van der Waals surface area (Å²) in [6.07, 6.45) is 2.28. The largest absolute Gasteiger partial charge is 0.508 e. The van der Waals surface area contributed by atoms with Crippen molar-refractivity contribution >= 4 is 22.9 Å². The van der Waals surface area contributed by atoms with Gasteiger partial charge in [-0.15, -0.1) is 11.3 Å². The van der Waals surface area contributed by atoms with Crippen molar-refractivity contribution in [3.8, 4) is 5.75 Å². The fourth-order valence-corrected chi connectivity index (χ4v) is 4.03. The Bertz CT molecular complexity index is 583. The lowest BCUT2D eigenvalue weighted by atomic mass is 9.99.